The first-order chi connectivity index (χ1) is 8.29. The van der Waals surface area contributed by atoms with Gasteiger partial charge in [0.2, 0.25) is 0 Å². The van der Waals surface area contributed by atoms with Crippen molar-refractivity contribution in [2.75, 3.05) is 6.54 Å². The van der Waals surface area contributed by atoms with Gasteiger partial charge in [-0.3, -0.25) is 0 Å². The quantitative estimate of drug-likeness (QED) is 0.741. The Morgan fingerprint density at radius 1 is 1.29 bits per heavy atom. The second-order valence-corrected chi connectivity index (χ2v) is 4.97. The maximum Gasteiger partial charge on any atom is 0.274 e. The highest BCUT2D eigenvalue weighted by molar-refractivity contribution is 5.72. The van der Waals surface area contributed by atoms with Crippen LogP contribution >= 0.6 is 0 Å². The fraction of sp³-hybridized carbons (Fsp3) is 0.500. The second kappa shape index (κ2) is 4.15. The second-order valence-electron chi connectivity index (χ2n) is 4.97. The maximum atomic E-state index is 3.64. The predicted octanol–water partition coefficient (Wildman–Crippen LogP) is 1.82. The number of fused-ring (bicyclic) bond motifs is 1. The number of hydrogen-bond acceptors (Lipinski definition) is 1. The Morgan fingerprint density at radius 3 is 2.82 bits per heavy atom. The van der Waals surface area contributed by atoms with Crippen LogP contribution in [0, 0.1) is 0 Å². The van der Waals surface area contributed by atoms with Gasteiger partial charge in [0.25, 0.3) is 5.82 Å². The molecule has 2 heterocycles. The minimum absolute atomic E-state index is 0.506. The molecule has 0 amide bonds. The van der Waals surface area contributed by atoms with Crippen molar-refractivity contribution in [3.8, 4) is 0 Å². The highest BCUT2D eigenvalue weighted by Crippen LogP contribution is 2.23. The molecule has 0 saturated carbocycles. The fourth-order valence-electron chi connectivity index (χ4n) is 3.04. The average molecular weight is 230 g/mol. The number of benzene rings is 1. The van der Waals surface area contributed by atoms with Gasteiger partial charge in [0.15, 0.2) is 11.0 Å². The Morgan fingerprint density at radius 2 is 2.12 bits per heavy atom. The molecule has 0 radical (unpaired) electrons. The van der Waals surface area contributed by atoms with Gasteiger partial charge in [0, 0.05) is 0 Å². The van der Waals surface area contributed by atoms with Gasteiger partial charge in [-0.25, -0.2) is 9.13 Å². The summed E-state index contributed by atoms with van der Waals surface area (Å²) in [6, 6.07) is 9.12. The fourth-order valence-corrected chi connectivity index (χ4v) is 3.04. The number of aryl methyl sites for hydroxylation is 2. The zero-order chi connectivity index (χ0) is 11.8. The van der Waals surface area contributed by atoms with Gasteiger partial charge >= 0.3 is 0 Å². The summed E-state index contributed by atoms with van der Waals surface area (Å²) in [7, 11) is 4.35. The Labute approximate surface area is 102 Å². The van der Waals surface area contributed by atoms with E-state index in [2.05, 4.69) is 52.8 Å². The molecule has 2 aromatic rings. The van der Waals surface area contributed by atoms with Gasteiger partial charge in [0.1, 0.15) is 6.04 Å². The molecular formula is C14H20N3+. The summed E-state index contributed by atoms with van der Waals surface area (Å²) >= 11 is 0. The maximum absolute atomic E-state index is 3.64. The van der Waals surface area contributed by atoms with E-state index in [-0.39, 0.29) is 0 Å². The molecule has 0 bridgehead atoms. The normalized spacial score (nSPS) is 20.9. The SMILES string of the molecule is Cn1c(C2CCCCN2)[n+](C)c2ccccc21. The van der Waals surface area contributed by atoms with Gasteiger partial charge < -0.3 is 5.32 Å². The standard InChI is InChI=1S/C14H20N3/c1-16-12-8-3-4-9-13(12)17(2)14(16)11-7-5-6-10-15-11/h3-4,8-9,11,15H,5-7,10H2,1-2H3/q+1. The van der Waals surface area contributed by atoms with E-state index in [1.807, 2.05) is 0 Å². The molecule has 1 atom stereocenters. The summed E-state index contributed by atoms with van der Waals surface area (Å²) in [6.45, 7) is 1.15. The summed E-state index contributed by atoms with van der Waals surface area (Å²) < 4.78 is 4.66. The molecule has 3 nitrogen and oxygen atoms in total. The first-order valence-electron chi connectivity index (χ1n) is 6.46. The van der Waals surface area contributed by atoms with Gasteiger partial charge in [0.05, 0.1) is 14.1 Å². The molecule has 3 heteroatoms. The molecule has 1 unspecified atom stereocenters. The van der Waals surface area contributed by atoms with E-state index in [0.29, 0.717) is 6.04 Å². The lowest BCUT2D eigenvalue weighted by molar-refractivity contribution is -0.656. The number of nitrogens with one attached hydrogen (secondary N) is 1. The highest BCUT2D eigenvalue weighted by Gasteiger charge is 2.28. The van der Waals surface area contributed by atoms with Crippen molar-refractivity contribution < 1.29 is 4.57 Å². The Balaban J connectivity index is 2.15. The summed E-state index contributed by atoms with van der Waals surface area (Å²) in [5.74, 6) is 1.39. The first kappa shape index (κ1) is 10.8. The third kappa shape index (κ3) is 1.65. The van der Waals surface area contributed by atoms with Crippen LogP contribution < -0.4 is 9.88 Å². The highest BCUT2D eigenvalue weighted by atomic mass is 15.2. The molecule has 0 aliphatic carbocycles. The number of hydrogen-bond donors (Lipinski definition) is 1. The van der Waals surface area contributed by atoms with Crippen molar-refractivity contribution in [2.24, 2.45) is 14.1 Å². The third-order valence-electron chi connectivity index (χ3n) is 3.91. The van der Waals surface area contributed by atoms with E-state index in [1.54, 1.807) is 0 Å². The molecule has 17 heavy (non-hydrogen) atoms. The van der Waals surface area contributed by atoms with E-state index in [0.717, 1.165) is 6.54 Å². The topological polar surface area (TPSA) is 20.8 Å². The molecule has 1 saturated heterocycles. The van der Waals surface area contributed by atoms with Crippen LogP contribution in [-0.2, 0) is 14.1 Å². The van der Waals surface area contributed by atoms with Gasteiger partial charge in [-0.15, -0.1) is 0 Å². The largest absolute Gasteiger partial charge is 0.304 e. The number of rotatable bonds is 1. The van der Waals surface area contributed by atoms with Crippen molar-refractivity contribution in [3.05, 3.63) is 30.1 Å². The lowest BCUT2D eigenvalue weighted by Gasteiger charge is -2.20. The van der Waals surface area contributed by atoms with E-state index in [4.69, 9.17) is 0 Å². The van der Waals surface area contributed by atoms with Crippen molar-refractivity contribution in [3.63, 3.8) is 0 Å². The minimum Gasteiger partial charge on any atom is -0.304 e. The zero-order valence-corrected chi connectivity index (χ0v) is 10.6. The van der Waals surface area contributed by atoms with Crippen molar-refractivity contribution in [2.45, 2.75) is 25.3 Å². The van der Waals surface area contributed by atoms with Gasteiger partial charge in [-0.2, -0.15) is 0 Å². The summed E-state index contributed by atoms with van der Waals surface area (Å²) in [5.41, 5.74) is 2.63. The molecule has 1 N–H and O–H groups in total. The Hall–Kier alpha value is -1.35. The van der Waals surface area contributed by atoms with Crippen LogP contribution in [0.5, 0.6) is 0 Å². The number of nitrogens with zero attached hydrogens (tertiary/aromatic N) is 2. The molecule has 0 spiro atoms. The van der Waals surface area contributed by atoms with E-state index >= 15 is 0 Å². The van der Waals surface area contributed by atoms with Crippen LogP contribution in [0.25, 0.3) is 11.0 Å². The van der Waals surface area contributed by atoms with Gasteiger partial charge in [-0.1, -0.05) is 12.1 Å². The molecule has 1 aromatic carbocycles. The molecule has 1 fully saturated rings. The first-order valence-corrected chi connectivity index (χ1v) is 6.46. The smallest absolute Gasteiger partial charge is 0.274 e. The summed E-state index contributed by atoms with van der Waals surface area (Å²) in [6.07, 6.45) is 3.89. The van der Waals surface area contributed by atoms with Gasteiger partial charge in [-0.05, 0) is 37.9 Å². The lowest BCUT2D eigenvalue weighted by Crippen LogP contribution is -2.40. The van der Waals surface area contributed by atoms with E-state index < -0.39 is 0 Å². The van der Waals surface area contributed by atoms with Crippen LogP contribution in [-0.4, -0.2) is 11.1 Å². The van der Waals surface area contributed by atoms with Crippen LogP contribution in [0.1, 0.15) is 31.1 Å². The monoisotopic (exact) mass is 230 g/mol. The van der Waals surface area contributed by atoms with Crippen LogP contribution in [0.2, 0.25) is 0 Å². The molecule has 1 aliphatic heterocycles. The van der Waals surface area contributed by atoms with Crippen LogP contribution in [0.3, 0.4) is 0 Å². The molecular weight excluding hydrogens is 210 g/mol. The number of para-hydroxylation sites is 2. The zero-order valence-electron chi connectivity index (χ0n) is 10.6. The summed E-state index contributed by atoms with van der Waals surface area (Å²) in [4.78, 5) is 0. The average Bonchev–Trinajstić information content (AvgIpc) is 2.64. The third-order valence-corrected chi connectivity index (χ3v) is 3.91. The molecule has 90 valence electrons. The summed E-state index contributed by atoms with van der Waals surface area (Å²) in [5, 5.41) is 3.64. The van der Waals surface area contributed by atoms with Crippen LogP contribution in [0.15, 0.2) is 24.3 Å². The number of aromatic nitrogens is 2. The van der Waals surface area contributed by atoms with E-state index in [1.165, 1.54) is 36.1 Å². The number of imidazole rings is 1. The van der Waals surface area contributed by atoms with Crippen molar-refractivity contribution in [1.82, 2.24) is 9.88 Å². The van der Waals surface area contributed by atoms with E-state index in [9.17, 15) is 0 Å². The predicted molar refractivity (Wildman–Crippen MR) is 68.7 cm³/mol. The molecule has 1 aliphatic rings. The lowest BCUT2D eigenvalue weighted by atomic mass is 10.0. The Kier molecular flexibility index (Phi) is 2.63. The van der Waals surface area contributed by atoms with Crippen molar-refractivity contribution >= 4 is 11.0 Å². The molecule has 3 rings (SSSR count). The minimum atomic E-state index is 0.506. The number of piperidine rings is 1. The molecule has 1 aromatic heterocycles. The van der Waals surface area contributed by atoms with Crippen molar-refractivity contribution in [1.29, 1.82) is 0 Å². The Bertz CT molecular complexity index is 497. The van der Waals surface area contributed by atoms with Crippen LogP contribution in [0.4, 0.5) is 0 Å².